The zero-order valence-electron chi connectivity index (χ0n) is 14.4. The van der Waals surface area contributed by atoms with Gasteiger partial charge in [0.2, 0.25) is 0 Å². The lowest BCUT2D eigenvalue weighted by atomic mass is 9.70. The highest BCUT2D eigenvalue weighted by Gasteiger charge is 2.29. The molecule has 1 aliphatic carbocycles. The lowest BCUT2D eigenvalue weighted by Crippen LogP contribution is -2.28. The van der Waals surface area contributed by atoms with Crippen molar-refractivity contribution in [3.05, 3.63) is 29.8 Å². The van der Waals surface area contributed by atoms with Crippen molar-refractivity contribution in [2.45, 2.75) is 66.2 Å². The average Bonchev–Trinajstić information content (AvgIpc) is 2.46. The summed E-state index contributed by atoms with van der Waals surface area (Å²) < 4.78 is 0. The summed E-state index contributed by atoms with van der Waals surface area (Å²) >= 11 is 0. The topological polar surface area (TPSA) is 12.0 Å². The molecule has 118 valence electrons. The molecule has 0 aliphatic heterocycles. The van der Waals surface area contributed by atoms with Crippen LogP contribution in [0.5, 0.6) is 0 Å². The van der Waals surface area contributed by atoms with Gasteiger partial charge < -0.3 is 5.32 Å². The van der Waals surface area contributed by atoms with E-state index in [1.165, 1.54) is 49.8 Å². The third-order valence-corrected chi connectivity index (χ3v) is 5.16. The maximum Gasteiger partial charge on any atom is 0.0340 e. The Morgan fingerprint density at radius 2 is 1.62 bits per heavy atom. The first-order valence-corrected chi connectivity index (χ1v) is 8.82. The molecule has 0 bridgehead atoms. The van der Waals surface area contributed by atoms with Crippen LogP contribution >= 0.6 is 0 Å². The molecule has 1 aromatic carbocycles. The molecule has 2 rings (SSSR count). The van der Waals surface area contributed by atoms with Gasteiger partial charge in [0, 0.05) is 12.2 Å². The SMILES string of the molecule is CCCc1ccc(NCC2CCC(C(C)(C)C)CC2)cc1. The van der Waals surface area contributed by atoms with E-state index in [4.69, 9.17) is 0 Å². The minimum absolute atomic E-state index is 0.494. The molecule has 0 unspecified atom stereocenters. The smallest absolute Gasteiger partial charge is 0.0340 e. The van der Waals surface area contributed by atoms with Crippen LogP contribution < -0.4 is 5.32 Å². The van der Waals surface area contributed by atoms with Gasteiger partial charge in [-0.05, 0) is 67.1 Å². The first-order chi connectivity index (χ1) is 9.99. The predicted molar refractivity (Wildman–Crippen MR) is 93.8 cm³/mol. The highest BCUT2D eigenvalue weighted by atomic mass is 14.9. The second kappa shape index (κ2) is 7.33. The van der Waals surface area contributed by atoms with Crippen LogP contribution in [0.2, 0.25) is 0 Å². The lowest BCUT2D eigenvalue weighted by Gasteiger charge is -2.37. The fourth-order valence-electron chi connectivity index (χ4n) is 3.57. The average molecular weight is 287 g/mol. The van der Waals surface area contributed by atoms with Gasteiger partial charge in [-0.15, -0.1) is 0 Å². The fourth-order valence-corrected chi connectivity index (χ4v) is 3.57. The van der Waals surface area contributed by atoms with Gasteiger partial charge in [0.05, 0.1) is 0 Å². The van der Waals surface area contributed by atoms with E-state index in [0.29, 0.717) is 5.41 Å². The van der Waals surface area contributed by atoms with Gasteiger partial charge in [-0.2, -0.15) is 0 Å². The van der Waals surface area contributed by atoms with E-state index in [1.807, 2.05) is 0 Å². The highest BCUT2D eigenvalue weighted by molar-refractivity contribution is 5.44. The van der Waals surface area contributed by atoms with Gasteiger partial charge >= 0.3 is 0 Å². The van der Waals surface area contributed by atoms with Crippen molar-refractivity contribution < 1.29 is 0 Å². The molecule has 0 saturated heterocycles. The summed E-state index contributed by atoms with van der Waals surface area (Å²) in [5.41, 5.74) is 3.23. The van der Waals surface area contributed by atoms with Gasteiger partial charge in [0.25, 0.3) is 0 Å². The summed E-state index contributed by atoms with van der Waals surface area (Å²) in [7, 11) is 0. The number of nitrogens with one attached hydrogen (secondary N) is 1. The van der Waals surface area contributed by atoms with Crippen molar-refractivity contribution in [2.24, 2.45) is 17.3 Å². The van der Waals surface area contributed by atoms with Crippen molar-refractivity contribution in [1.29, 1.82) is 0 Å². The quantitative estimate of drug-likeness (QED) is 0.710. The molecule has 0 atom stereocenters. The Morgan fingerprint density at radius 3 is 2.14 bits per heavy atom. The van der Waals surface area contributed by atoms with Crippen LogP contribution in [0, 0.1) is 17.3 Å². The zero-order valence-corrected chi connectivity index (χ0v) is 14.4. The van der Waals surface area contributed by atoms with Gasteiger partial charge in [-0.1, -0.05) is 46.2 Å². The minimum atomic E-state index is 0.494. The molecule has 0 radical (unpaired) electrons. The largest absolute Gasteiger partial charge is 0.385 e. The third-order valence-electron chi connectivity index (χ3n) is 5.16. The normalized spacial score (nSPS) is 23.0. The Bertz CT molecular complexity index is 404. The fraction of sp³-hybridized carbons (Fsp3) is 0.700. The third kappa shape index (κ3) is 5.05. The number of benzene rings is 1. The maximum atomic E-state index is 3.64. The summed E-state index contributed by atoms with van der Waals surface area (Å²) in [6.07, 6.45) is 8.02. The van der Waals surface area contributed by atoms with Crippen LogP contribution in [0.1, 0.15) is 65.4 Å². The minimum Gasteiger partial charge on any atom is -0.385 e. The molecule has 1 fully saturated rings. The van der Waals surface area contributed by atoms with E-state index in [9.17, 15) is 0 Å². The van der Waals surface area contributed by atoms with Crippen molar-refractivity contribution in [1.82, 2.24) is 0 Å². The van der Waals surface area contributed by atoms with Crippen LogP contribution in [0.25, 0.3) is 0 Å². The highest BCUT2D eigenvalue weighted by Crippen LogP contribution is 2.39. The molecule has 0 heterocycles. The van der Waals surface area contributed by atoms with Crippen LogP contribution in [-0.2, 0) is 6.42 Å². The Labute approximate surface area is 131 Å². The van der Waals surface area contributed by atoms with Crippen LogP contribution in [0.4, 0.5) is 5.69 Å². The number of aryl methyl sites for hydroxylation is 1. The molecule has 1 nitrogen and oxygen atoms in total. The molecule has 0 spiro atoms. The van der Waals surface area contributed by atoms with Gasteiger partial charge in [0.1, 0.15) is 0 Å². The number of hydrogen-bond acceptors (Lipinski definition) is 1. The van der Waals surface area contributed by atoms with Gasteiger partial charge in [0.15, 0.2) is 0 Å². The summed E-state index contributed by atoms with van der Waals surface area (Å²) in [5.74, 6) is 1.78. The zero-order chi connectivity index (χ0) is 15.3. The number of rotatable bonds is 5. The molecule has 1 aliphatic rings. The molecule has 1 aromatic rings. The maximum absolute atomic E-state index is 3.64. The van der Waals surface area contributed by atoms with Crippen LogP contribution in [-0.4, -0.2) is 6.54 Å². The van der Waals surface area contributed by atoms with Gasteiger partial charge in [-0.25, -0.2) is 0 Å². The summed E-state index contributed by atoms with van der Waals surface area (Å²) in [4.78, 5) is 0. The number of hydrogen-bond donors (Lipinski definition) is 1. The van der Waals surface area contributed by atoms with Gasteiger partial charge in [-0.3, -0.25) is 0 Å². The van der Waals surface area contributed by atoms with E-state index in [-0.39, 0.29) is 0 Å². The summed E-state index contributed by atoms with van der Waals surface area (Å²) in [6.45, 7) is 10.6. The van der Waals surface area contributed by atoms with E-state index in [0.717, 1.165) is 18.4 Å². The predicted octanol–water partition coefficient (Wildman–Crippen LogP) is 5.90. The first kappa shape index (κ1) is 16.4. The van der Waals surface area contributed by atoms with E-state index < -0.39 is 0 Å². The Hall–Kier alpha value is -0.980. The Kier molecular flexibility index (Phi) is 5.72. The molecular formula is C20H33N. The monoisotopic (exact) mass is 287 g/mol. The van der Waals surface area contributed by atoms with E-state index in [2.05, 4.69) is 57.3 Å². The van der Waals surface area contributed by atoms with Crippen LogP contribution in [0.3, 0.4) is 0 Å². The van der Waals surface area contributed by atoms with E-state index in [1.54, 1.807) is 0 Å². The van der Waals surface area contributed by atoms with E-state index >= 15 is 0 Å². The molecule has 0 amide bonds. The number of anilines is 1. The standard InChI is InChI=1S/C20H33N/c1-5-6-16-9-13-19(14-10-16)21-15-17-7-11-18(12-8-17)20(2,3)4/h9-10,13-14,17-18,21H,5-8,11-12,15H2,1-4H3. The van der Waals surface area contributed by atoms with Crippen molar-refractivity contribution in [3.8, 4) is 0 Å². The molecule has 21 heavy (non-hydrogen) atoms. The summed E-state index contributed by atoms with van der Waals surface area (Å²) in [5, 5.41) is 3.64. The second-order valence-corrected chi connectivity index (χ2v) is 7.91. The molecule has 0 aromatic heterocycles. The second-order valence-electron chi connectivity index (χ2n) is 7.91. The first-order valence-electron chi connectivity index (χ1n) is 8.82. The van der Waals surface area contributed by atoms with Crippen molar-refractivity contribution >= 4 is 5.69 Å². The Balaban J connectivity index is 1.74. The molecule has 1 heteroatoms. The summed E-state index contributed by atoms with van der Waals surface area (Å²) in [6, 6.07) is 9.02. The molecular weight excluding hydrogens is 254 g/mol. The van der Waals surface area contributed by atoms with Crippen LogP contribution in [0.15, 0.2) is 24.3 Å². The molecule has 1 saturated carbocycles. The van der Waals surface area contributed by atoms with Crippen molar-refractivity contribution in [2.75, 3.05) is 11.9 Å². The molecule has 1 N–H and O–H groups in total. The lowest BCUT2D eigenvalue weighted by molar-refractivity contribution is 0.153. The Morgan fingerprint density at radius 1 is 1.00 bits per heavy atom. The van der Waals surface area contributed by atoms with Crippen molar-refractivity contribution in [3.63, 3.8) is 0 Å².